The Kier molecular flexibility index (Phi) is 5.17. The average Bonchev–Trinajstić information content (AvgIpc) is 2.16. The Labute approximate surface area is 105 Å². The summed E-state index contributed by atoms with van der Waals surface area (Å²) in [6.07, 6.45) is -4.46. The molecule has 1 radical (unpaired) electrons. The van der Waals surface area contributed by atoms with Gasteiger partial charge in [0.05, 0.1) is 20.0 Å². The van der Waals surface area contributed by atoms with Crippen LogP contribution in [-0.2, 0) is 26.6 Å². The van der Waals surface area contributed by atoms with Crippen molar-refractivity contribution in [2.24, 2.45) is 0 Å². The van der Waals surface area contributed by atoms with Gasteiger partial charge < -0.3 is 9.47 Å². The molecule has 0 fully saturated rings. The van der Waals surface area contributed by atoms with Crippen molar-refractivity contribution in [2.45, 2.75) is 6.18 Å². The van der Waals surface area contributed by atoms with E-state index in [0.717, 1.165) is 6.07 Å². The minimum absolute atomic E-state index is 0. The predicted molar refractivity (Wildman–Crippen MR) is 49.0 cm³/mol. The van der Waals surface area contributed by atoms with Gasteiger partial charge in [-0.3, -0.25) is 0 Å². The topological polar surface area (TPSA) is 18.5 Å². The zero-order valence-corrected chi connectivity index (χ0v) is 11.4. The third-order valence-electron chi connectivity index (χ3n) is 1.94. The van der Waals surface area contributed by atoms with Gasteiger partial charge in [0.15, 0.2) is 0 Å². The molecule has 0 aliphatic rings. The quantitative estimate of drug-likeness (QED) is 0.705. The largest absolute Gasteiger partial charge is 0.553 e. The zero-order chi connectivity index (χ0) is 11.6. The van der Waals surface area contributed by atoms with Crippen molar-refractivity contribution in [3.8, 4) is 11.5 Å². The summed E-state index contributed by atoms with van der Waals surface area (Å²) in [7, 11) is 2.57. The Bertz CT molecular complexity index is 364. The van der Waals surface area contributed by atoms with Gasteiger partial charge in [0.1, 0.15) is 0 Å². The smallest absolute Gasteiger partial charge is 0.371 e. The van der Waals surface area contributed by atoms with Gasteiger partial charge in [-0.05, 0) is 11.6 Å². The van der Waals surface area contributed by atoms with E-state index < -0.39 is 11.7 Å². The predicted octanol–water partition coefficient (Wildman–Crippen LogP) is 2.90. The van der Waals surface area contributed by atoms with Gasteiger partial charge >= 0.3 is 6.18 Å². The first-order valence-electron chi connectivity index (χ1n) is 4.05. The number of halogens is 3. The van der Waals surface area contributed by atoms with Gasteiger partial charge in [-0.2, -0.15) is 20.1 Å². The molecule has 0 heterocycles. The van der Waals surface area contributed by atoms with E-state index in [9.17, 15) is 13.2 Å². The molecule has 6 heteroatoms. The van der Waals surface area contributed by atoms with Crippen LogP contribution in [0.2, 0.25) is 0 Å². The number of methoxy groups -OCH3 is 2. The Hall–Kier alpha value is -0.858. The first kappa shape index (κ1) is 15.1. The summed E-state index contributed by atoms with van der Waals surface area (Å²) < 4.78 is 47.1. The normalized spacial score (nSPS) is 10.6. The number of rotatable bonds is 2. The molecule has 0 aromatic heterocycles. The molecule has 1 aromatic rings. The van der Waals surface area contributed by atoms with Crippen molar-refractivity contribution in [3.05, 3.63) is 30.2 Å². The maximum absolute atomic E-state index is 12.5. The maximum Gasteiger partial charge on any atom is 0.371 e. The van der Waals surface area contributed by atoms with Crippen molar-refractivity contribution in [2.75, 3.05) is 14.2 Å². The van der Waals surface area contributed by atoms with Gasteiger partial charge in [0.25, 0.3) is 0 Å². The second-order valence-electron chi connectivity index (χ2n) is 2.85. The van der Waals surface area contributed by atoms with Crippen molar-refractivity contribution >= 4 is 0 Å². The van der Waals surface area contributed by atoms with Crippen LogP contribution in [0.5, 0.6) is 11.5 Å². The molecule has 0 saturated heterocycles. The van der Waals surface area contributed by atoms with Crippen molar-refractivity contribution in [3.63, 3.8) is 0 Å². The van der Waals surface area contributed by atoms with Gasteiger partial charge in [-0.25, -0.2) is 0 Å². The Morgan fingerprint density at radius 1 is 1.12 bits per heavy atom. The Morgan fingerprint density at radius 3 is 2.06 bits per heavy atom. The summed E-state index contributed by atoms with van der Waals surface area (Å²) in [5.74, 6) is 0.147. The summed E-state index contributed by atoms with van der Waals surface area (Å²) in [6, 6.07) is 2.25. The SMILES string of the molecule is [CH2-]c1c(OC)cc(OC)cc1C(F)(F)F.[Re]. The van der Waals surface area contributed by atoms with Gasteiger partial charge in [0, 0.05) is 26.2 Å². The van der Waals surface area contributed by atoms with Crippen LogP contribution in [0, 0.1) is 6.92 Å². The van der Waals surface area contributed by atoms with E-state index in [1.54, 1.807) is 0 Å². The van der Waals surface area contributed by atoms with Crippen LogP contribution in [0.4, 0.5) is 13.2 Å². The first-order valence-corrected chi connectivity index (χ1v) is 4.05. The van der Waals surface area contributed by atoms with Crippen LogP contribution in [0.3, 0.4) is 0 Å². The van der Waals surface area contributed by atoms with E-state index in [4.69, 9.17) is 9.47 Å². The van der Waals surface area contributed by atoms with Crippen LogP contribution < -0.4 is 9.47 Å². The van der Waals surface area contributed by atoms with E-state index >= 15 is 0 Å². The third-order valence-corrected chi connectivity index (χ3v) is 1.94. The molecule has 0 spiro atoms. The van der Waals surface area contributed by atoms with Gasteiger partial charge in [0.2, 0.25) is 0 Å². The summed E-state index contributed by atoms with van der Waals surface area (Å²) in [5, 5.41) is 0. The maximum atomic E-state index is 12.5. The molecular formula is C10H10F3O2Re-. The zero-order valence-electron chi connectivity index (χ0n) is 8.69. The number of hydrogen-bond donors (Lipinski definition) is 0. The molecule has 91 valence electrons. The fourth-order valence-corrected chi connectivity index (χ4v) is 1.17. The fourth-order valence-electron chi connectivity index (χ4n) is 1.17. The molecule has 2 nitrogen and oxygen atoms in total. The second kappa shape index (κ2) is 5.46. The van der Waals surface area contributed by atoms with Gasteiger partial charge in [-0.1, -0.05) is 6.07 Å². The molecule has 1 aromatic carbocycles. The van der Waals surface area contributed by atoms with Crippen molar-refractivity contribution in [1.82, 2.24) is 0 Å². The minimum Gasteiger partial charge on any atom is -0.553 e. The molecule has 0 atom stereocenters. The van der Waals surface area contributed by atoms with Crippen LogP contribution in [0.1, 0.15) is 11.1 Å². The van der Waals surface area contributed by atoms with Crippen molar-refractivity contribution < 1.29 is 43.1 Å². The van der Waals surface area contributed by atoms with Crippen LogP contribution in [0.15, 0.2) is 12.1 Å². The Balaban J connectivity index is 0.00000225. The molecule has 16 heavy (non-hydrogen) atoms. The van der Waals surface area contributed by atoms with Crippen molar-refractivity contribution in [1.29, 1.82) is 0 Å². The molecule has 0 N–H and O–H groups in total. The summed E-state index contributed by atoms with van der Waals surface area (Å²) in [6.45, 7) is 3.33. The molecule has 0 aliphatic carbocycles. The molecule has 0 aliphatic heterocycles. The molecule has 0 amide bonds. The van der Waals surface area contributed by atoms with Crippen LogP contribution in [0.25, 0.3) is 0 Å². The number of ether oxygens (including phenoxy) is 2. The van der Waals surface area contributed by atoms with E-state index in [1.165, 1.54) is 20.3 Å². The second-order valence-corrected chi connectivity index (χ2v) is 2.85. The van der Waals surface area contributed by atoms with E-state index in [-0.39, 0.29) is 37.5 Å². The molecule has 0 unspecified atom stereocenters. The van der Waals surface area contributed by atoms with Gasteiger partial charge in [-0.15, -0.1) is 5.56 Å². The number of hydrogen-bond acceptors (Lipinski definition) is 2. The fraction of sp³-hybridized carbons (Fsp3) is 0.300. The minimum atomic E-state index is -4.46. The molecule has 0 saturated carbocycles. The first-order chi connectivity index (χ1) is 6.90. The molecule has 0 bridgehead atoms. The standard InChI is InChI=1S/C10H10F3O2.Re/c1-6-8(10(11,12)13)4-7(14-2)5-9(6)15-3;/h4-5H,1H2,2-3H3;/q-1;. The van der Waals surface area contributed by atoms with Crippen LogP contribution >= 0.6 is 0 Å². The summed E-state index contributed by atoms with van der Waals surface area (Å²) in [4.78, 5) is 0. The summed E-state index contributed by atoms with van der Waals surface area (Å²) in [5.41, 5.74) is -1.04. The molecule has 1 rings (SSSR count). The van der Waals surface area contributed by atoms with E-state index in [0.29, 0.717) is 0 Å². The average molecular weight is 405 g/mol. The third kappa shape index (κ3) is 3.07. The summed E-state index contributed by atoms with van der Waals surface area (Å²) >= 11 is 0. The van der Waals surface area contributed by atoms with E-state index in [1.807, 2.05) is 0 Å². The van der Waals surface area contributed by atoms with Crippen LogP contribution in [-0.4, -0.2) is 14.2 Å². The monoisotopic (exact) mass is 406 g/mol. The Morgan fingerprint density at radius 2 is 1.69 bits per heavy atom. The molecular weight excluding hydrogens is 395 g/mol. The number of benzene rings is 1. The van der Waals surface area contributed by atoms with E-state index in [2.05, 4.69) is 6.92 Å². The number of alkyl halides is 3.